The number of fused-ring (bicyclic) bond motifs is 2. The number of rotatable bonds is 9. The number of aliphatic hydroxyl groups excluding tert-OH is 2. The topological polar surface area (TPSA) is 138 Å². The Balaban J connectivity index is 0.983. The number of aliphatic hydroxyl groups is 2. The van der Waals surface area contributed by atoms with Crippen molar-refractivity contribution in [2.45, 2.75) is 121 Å². The number of hydrogen-bond donors (Lipinski definition) is 4. The molecule has 0 radical (unpaired) electrons. The minimum atomic E-state index is -1.06. The first-order valence-electron chi connectivity index (χ1n) is 16.3. The lowest BCUT2D eigenvalue weighted by atomic mass is 9.76. The number of anilines is 1. The maximum atomic E-state index is 11.2. The fourth-order valence-electron chi connectivity index (χ4n) is 7.33. The molecule has 3 aromatic heterocycles. The molecule has 5 N–H and O–H groups in total. The van der Waals surface area contributed by atoms with E-state index in [-0.39, 0.29) is 5.41 Å². The van der Waals surface area contributed by atoms with E-state index in [1.54, 1.807) is 0 Å². The summed E-state index contributed by atoms with van der Waals surface area (Å²) >= 11 is 0. The van der Waals surface area contributed by atoms with Crippen LogP contribution in [-0.4, -0.2) is 76.6 Å². The van der Waals surface area contributed by atoms with Gasteiger partial charge in [0, 0.05) is 31.2 Å². The average molecular weight is 602 g/mol. The number of H-pyrrole nitrogens is 1. The summed E-state index contributed by atoms with van der Waals surface area (Å²) < 4.78 is 8.29. The predicted molar refractivity (Wildman–Crippen MR) is 171 cm³/mol. The Morgan fingerprint density at radius 2 is 1.91 bits per heavy atom. The van der Waals surface area contributed by atoms with Gasteiger partial charge in [-0.25, -0.2) is 15.0 Å². The Hall–Kier alpha value is -3.05. The summed E-state index contributed by atoms with van der Waals surface area (Å²) in [5, 5.41) is 23.2. The smallest absolute Gasteiger partial charge is 0.164 e. The molecule has 3 fully saturated rings. The third-order valence-electron chi connectivity index (χ3n) is 10.2. The van der Waals surface area contributed by atoms with Crippen LogP contribution in [0.3, 0.4) is 0 Å². The van der Waals surface area contributed by atoms with Gasteiger partial charge in [-0.2, -0.15) is 0 Å². The SMILES string of the molecule is CC(C)N(C[C@H]1O[C@@H](n2cc(C3CC3)c3c(N)ncnc32)[C@H](O)[C@@H]1O)[C@H]1C[C@H](CCc2nc3cc(C(C)(C)C)ccc3[nH]2)C1. The molecule has 0 unspecified atom stereocenters. The van der Waals surface area contributed by atoms with Crippen molar-refractivity contribution in [2.24, 2.45) is 5.92 Å². The molecule has 3 aliphatic rings. The van der Waals surface area contributed by atoms with E-state index >= 15 is 0 Å². The van der Waals surface area contributed by atoms with Gasteiger partial charge in [0.05, 0.1) is 16.4 Å². The van der Waals surface area contributed by atoms with Crippen molar-refractivity contribution < 1.29 is 14.9 Å². The minimum Gasteiger partial charge on any atom is -0.387 e. The first-order valence-corrected chi connectivity index (χ1v) is 16.3. The number of nitrogen functional groups attached to an aromatic ring is 1. The van der Waals surface area contributed by atoms with Crippen LogP contribution in [0.5, 0.6) is 0 Å². The van der Waals surface area contributed by atoms with E-state index in [0.29, 0.717) is 41.9 Å². The van der Waals surface area contributed by atoms with Crippen LogP contribution >= 0.6 is 0 Å². The molecule has 0 amide bonds. The fraction of sp³-hybridized carbons (Fsp3) is 0.618. The maximum absolute atomic E-state index is 11.2. The summed E-state index contributed by atoms with van der Waals surface area (Å²) in [6, 6.07) is 7.29. The normalized spacial score (nSPS) is 27.7. The van der Waals surface area contributed by atoms with Gasteiger partial charge in [0.25, 0.3) is 0 Å². The van der Waals surface area contributed by atoms with Crippen LogP contribution in [0.1, 0.15) is 95.8 Å². The third kappa shape index (κ3) is 5.40. The first-order chi connectivity index (χ1) is 21.0. The van der Waals surface area contributed by atoms with Crippen molar-refractivity contribution in [3.8, 4) is 0 Å². The van der Waals surface area contributed by atoms with E-state index in [0.717, 1.165) is 66.3 Å². The quantitative estimate of drug-likeness (QED) is 0.215. The van der Waals surface area contributed by atoms with Crippen LogP contribution in [0.25, 0.3) is 22.1 Å². The number of hydrogen-bond acceptors (Lipinski definition) is 8. The minimum absolute atomic E-state index is 0.106. The predicted octanol–water partition coefficient (Wildman–Crippen LogP) is 4.81. The lowest BCUT2D eigenvalue weighted by molar-refractivity contribution is -0.0619. The number of benzene rings is 1. The van der Waals surface area contributed by atoms with Crippen LogP contribution < -0.4 is 5.73 Å². The highest BCUT2D eigenvalue weighted by Crippen LogP contribution is 2.46. The number of aromatic nitrogens is 5. The van der Waals surface area contributed by atoms with Gasteiger partial charge in [-0.1, -0.05) is 26.8 Å². The van der Waals surface area contributed by atoms with Gasteiger partial charge in [-0.15, -0.1) is 0 Å². The van der Waals surface area contributed by atoms with Crippen LogP contribution in [0.4, 0.5) is 5.82 Å². The van der Waals surface area contributed by atoms with Crippen LogP contribution in [0.15, 0.2) is 30.7 Å². The Bertz CT molecular complexity index is 1650. The van der Waals surface area contributed by atoms with E-state index in [1.165, 1.54) is 11.9 Å². The summed E-state index contributed by atoms with van der Waals surface area (Å²) in [5.74, 6) is 2.58. The summed E-state index contributed by atoms with van der Waals surface area (Å²) in [5.41, 5.74) is 11.6. The Morgan fingerprint density at radius 3 is 2.61 bits per heavy atom. The molecule has 4 atom stereocenters. The van der Waals surface area contributed by atoms with Crippen molar-refractivity contribution in [2.75, 3.05) is 12.3 Å². The van der Waals surface area contributed by atoms with Crippen LogP contribution in [0.2, 0.25) is 0 Å². The lowest BCUT2D eigenvalue weighted by Gasteiger charge is -2.46. The zero-order valence-corrected chi connectivity index (χ0v) is 26.6. The van der Waals surface area contributed by atoms with E-state index in [9.17, 15) is 10.2 Å². The maximum Gasteiger partial charge on any atom is 0.164 e. The zero-order valence-electron chi connectivity index (χ0n) is 26.6. The molecule has 2 saturated carbocycles. The molecule has 7 rings (SSSR count). The van der Waals surface area contributed by atoms with Gasteiger partial charge in [-0.3, -0.25) is 4.90 Å². The summed E-state index contributed by atoms with van der Waals surface area (Å²) in [4.78, 5) is 19.6. The Labute approximate surface area is 259 Å². The van der Waals surface area contributed by atoms with Crippen molar-refractivity contribution >= 4 is 27.9 Å². The van der Waals surface area contributed by atoms with Gasteiger partial charge in [0.15, 0.2) is 6.23 Å². The molecule has 10 heteroatoms. The van der Waals surface area contributed by atoms with Crippen LogP contribution in [0, 0.1) is 5.92 Å². The molecule has 236 valence electrons. The molecular formula is C34H47N7O3. The van der Waals surface area contributed by atoms with Crippen molar-refractivity contribution in [3.05, 3.63) is 47.7 Å². The second kappa shape index (κ2) is 11.1. The molecule has 2 aliphatic carbocycles. The number of imidazole rings is 1. The highest BCUT2D eigenvalue weighted by molar-refractivity contribution is 5.90. The molecular weight excluding hydrogens is 554 g/mol. The molecule has 0 bridgehead atoms. The van der Waals surface area contributed by atoms with E-state index < -0.39 is 24.5 Å². The van der Waals surface area contributed by atoms with E-state index in [4.69, 9.17) is 15.5 Å². The zero-order chi connectivity index (χ0) is 30.9. The number of nitrogens with two attached hydrogens (primary N) is 1. The van der Waals surface area contributed by atoms with Crippen molar-refractivity contribution in [1.29, 1.82) is 0 Å². The molecule has 1 saturated heterocycles. The van der Waals surface area contributed by atoms with Crippen molar-refractivity contribution in [1.82, 2.24) is 29.4 Å². The summed E-state index contributed by atoms with van der Waals surface area (Å²) in [6.07, 6.45) is 6.64. The molecule has 1 aliphatic heterocycles. The van der Waals surface area contributed by atoms with Crippen LogP contribution in [-0.2, 0) is 16.6 Å². The molecule has 4 heterocycles. The van der Waals surface area contributed by atoms with Crippen molar-refractivity contribution in [3.63, 3.8) is 0 Å². The molecule has 4 aromatic rings. The number of aromatic amines is 1. The molecule has 1 aromatic carbocycles. The number of nitrogens with zero attached hydrogens (tertiary/aromatic N) is 5. The second-order valence-corrected chi connectivity index (χ2v) is 14.8. The molecule has 0 spiro atoms. The van der Waals surface area contributed by atoms with Gasteiger partial charge < -0.3 is 30.2 Å². The standard InChI is InChI=1S/C34H47N7O3/c1-18(2)40(22-12-19(13-22)6-11-27-38-24-10-9-21(34(3,4)5)14-25(24)39-27)16-26-29(42)30(43)33(44-26)41-15-23(20-7-8-20)28-31(35)36-17-37-32(28)41/h9-10,14-15,17-20,22,26,29-30,33,42-43H,6-8,11-13,16H2,1-5H3,(H,38,39)(H2,35,36,37)/t19-,22-,26-,29-,30-,33-/m1/s1. The number of ether oxygens (including phenoxy) is 1. The summed E-state index contributed by atoms with van der Waals surface area (Å²) in [7, 11) is 0. The highest BCUT2D eigenvalue weighted by Gasteiger charge is 2.47. The third-order valence-corrected chi connectivity index (χ3v) is 10.2. The molecule has 10 nitrogen and oxygen atoms in total. The lowest BCUT2D eigenvalue weighted by Crippen LogP contribution is -2.52. The average Bonchev–Trinajstić information content (AvgIpc) is 3.50. The van der Waals surface area contributed by atoms with E-state index in [1.807, 2.05) is 10.8 Å². The fourth-order valence-corrected chi connectivity index (χ4v) is 7.33. The van der Waals surface area contributed by atoms with Gasteiger partial charge >= 0.3 is 0 Å². The Morgan fingerprint density at radius 1 is 1.14 bits per heavy atom. The monoisotopic (exact) mass is 601 g/mol. The largest absolute Gasteiger partial charge is 0.387 e. The number of nitrogens with one attached hydrogen (secondary N) is 1. The van der Waals surface area contributed by atoms with Gasteiger partial charge in [0.2, 0.25) is 0 Å². The van der Waals surface area contributed by atoms with Gasteiger partial charge in [0.1, 0.15) is 41.9 Å². The highest BCUT2D eigenvalue weighted by atomic mass is 16.6. The van der Waals surface area contributed by atoms with Gasteiger partial charge in [-0.05, 0) is 86.5 Å². The number of aryl methyl sites for hydroxylation is 1. The second-order valence-electron chi connectivity index (χ2n) is 14.8. The van der Waals surface area contributed by atoms with E-state index in [2.05, 4.69) is 72.7 Å². The Kier molecular flexibility index (Phi) is 7.47. The molecule has 44 heavy (non-hydrogen) atoms. The summed E-state index contributed by atoms with van der Waals surface area (Å²) in [6.45, 7) is 11.7. The first kappa shape index (κ1) is 29.6.